The van der Waals surface area contributed by atoms with E-state index in [1.54, 1.807) is 7.11 Å². The van der Waals surface area contributed by atoms with Crippen molar-refractivity contribution in [2.45, 2.75) is 19.5 Å². The van der Waals surface area contributed by atoms with Gasteiger partial charge in [0.1, 0.15) is 5.75 Å². The van der Waals surface area contributed by atoms with Gasteiger partial charge in [-0.1, -0.05) is 54.6 Å². The van der Waals surface area contributed by atoms with Crippen LogP contribution in [0.25, 0.3) is 10.8 Å². The summed E-state index contributed by atoms with van der Waals surface area (Å²) in [7, 11) is 1.64. The first-order chi connectivity index (χ1) is 12.7. The minimum Gasteiger partial charge on any atom is -0.497 e. The van der Waals surface area contributed by atoms with Crippen LogP contribution in [0, 0.1) is 0 Å². The van der Waals surface area contributed by atoms with Crippen molar-refractivity contribution in [2.24, 2.45) is 0 Å². The van der Waals surface area contributed by atoms with Crippen LogP contribution in [0.4, 0.5) is 0 Å². The summed E-state index contributed by atoms with van der Waals surface area (Å²) in [5, 5.41) is 8.68. The number of hydrogen-bond donors (Lipinski definition) is 2. The first-order valence-electron chi connectivity index (χ1n) is 8.78. The van der Waals surface area contributed by atoms with Gasteiger partial charge in [-0.15, -0.1) is 0 Å². The van der Waals surface area contributed by atoms with Crippen LogP contribution in [0.15, 0.2) is 66.7 Å². The first-order valence-corrected chi connectivity index (χ1v) is 8.78. The second kappa shape index (κ2) is 8.50. The second-order valence-corrected chi connectivity index (χ2v) is 6.30. The minimum atomic E-state index is -0.0205. The predicted molar refractivity (Wildman–Crippen MR) is 105 cm³/mol. The number of ether oxygens (including phenoxy) is 1. The van der Waals surface area contributed by atoms with Crippen molar-refractivity contribution in [2.75, 3.05) is 13.7 Å². The molecular formula is C22H24N2O2. The Bertz CT molecular complexity index is 869. The molecule has 0 aliphatic carbocycles. The van der Waals surface area contributed by atoms with Crippen molar-refractivity contribution >= 4 is 16.7 Å². The summed E-state index contributed by atoms with van der Waals surface area (Å²) in [6.45, 7) is 2.87. The lowest BCUT2D eigenvalue weighted by Crippen LogP contribution is -2.34. The van der Waals surface area contributed by atoms with E-state index in [0.29, 0.717) is 6.54 Å². The van der Waals surface area contributed by atoms with Gasteiger partial charge in [-0.3, -0.25) is 4.79 Å². The highest BCUT2D eigenvalue weighted by Crippen LogP contribution is 2.23. The average Bonchev–Trinajstić information content (AvgIpc) is 2.70. The number of nitrogens with one attached hydrogen (secondary N) is 2. The molecule has 3 aromatic rings. The van der Waals surface area contributed by atoms with Gasteiger partial charge in [-0.05, 0) is 41.0 Å². The summed E-state index contributed by atoms with van der Waals surface area (Å²) >= 11 is 0. The maximum absolute atomic E-state index is 12.1. The van der Waals surface area contributed by atoms with Gasteiger partial charge in [-0.2, -0.15) is 0 Å². The molecule has 0 saturated carbocycles. The fourth-order valence-electron chi connectivity index (χ4n) is 2.99. The number of carbonyl (C=O) groups excluding carboxylic acids is 1. The lowest BCUT2D eigenvalue weighted by Gasteiger charge is -2.16. The Labute approximate surface area is 154 Å². The zero-order chi connectivity index (χ0) is 18.4. The second-order valence-electron chi connectivity index (χ2n) is 6.30. The molecule has 0 bridgehead atoms. The number of carbonyl (C=O) groups is 1. The third kappa shape index (κ3) is 4.41. The van der Waals surface area contributed by atoms with Gasteiger partial charge in [0.25, 0.3) is 0 Å². The molecule has 2 N–H and O–H groups in total. The normalized spacial score (nSPS) is 11.9. The zero-order valence-electron chi connectivity index (χ0n) is 15.2. The standard InChI is InChI=1S/C22H24N2O2/c1-16(20-9-5-7-18-6-3-4-8-21(18)20)23-15-22(25)24-14-17-10-12-19(26-2)13-11-17/h3-13,16,23H,14-15H2,1-2H3,(H,24,25)/t16-/m0/s1. The lowest BCUT2D eigenvalue weighted by molar-refractivity contribution is -0.120. The molecule has 0 aromatic heterocycles. The Balaban J connectivity index is 1.53. The van der Waals surface area contributed by atoms with Crippen molar-refractivity contribution < 1.29 is 9.53 Å². The van der Waals surface area contributed by atoms with E-state index in [2.05, 4.69) is 47.9 Å². The summed E-state index contributed by atoms with van der Waals surface area (Å²) in [5.74, 6) is 0.790. The molecule has 134 valence electrons. The molecule has 0 heterocycles. The number of fused-ring (bicyclic) bond motifs is 1. The molecule has 3 aromatic carbocycles. The Kier molecular flexibility index (Phi) is 5.87. The lowest BCUT2D eigenvalue weighted by atomic mass is 10.00. The van der Waals surface area contributed by atoms with E-state index < -0.39 is 0 Å². The molecule has 0 aliphatic heterocycles. The summed E-state index contributed by atoms with van der Waals surface area (Å²) in [4.78, 5) is 12.1. The van der Waals surface area contributed by atoms with Crippen molar-refractivity contribution in [3.05, 3.63) is 77.9 Å². The topological polar surface area (TPSA) is 50.4 Å². The Morgan fingerprint density at radius 3 is 2.50 bits per heavy atom. The number of benzene rings is 3. The monoisotopic (exact) mass is 348 g/mol. The third-order valence-electron chi connectivity index (χ3n) is 4.51. The molecule has 0 aliphatic rings. The molecule has 26 heavy (non-hydrogen) atoms. The zero-order valence-corrected chi connectivity index (χ0v) is 15.2. The molecule has 4 nitrogen and oxygen atoms in total. The van der Waals surface area contributed by atoms with Gasteiger partial charge >= 0.3 is 0 Å². The van der Waals surface area contributed by atoms with Gasteiger partial charge in [-0.25, -0.2) is 0 Å². The molecule has 0 saturated heterocycles. The van der Waals surface area contributed by atoms with Crippen LogP contribution >= 0.6 is 0 Å². The van der Waals surface area contributed by atoms with Crippen molar-refractivity contribution in [3.8, 4) is 5.75 Å². The van der Waals surface area contributed by atoms with Gasteiger partial charge in [0.05, 0.1) is 13.7 Å². The molecule has 4 heteroatoms. The first kappa shape index (κ1) is 18.0. The van der Waals surface area contributed by atoms with Crippen LogP contribution in [0.2, 0.25) is 0 Å². The summed E-state index contributed by atoms with van der Waals surface area (Å²) in [5.41, 5.74) is 2.24. The van der Waals surface area contributed by atoms with Crippen molar-refractivity contribution in [1.82, 2.24) is 10.6 Å². The van der Waals surface area contributed by atoms with Gasteiger partial charge in [0.2, 0.25) is 5.91 Å². The number of rotatable bonds is 7. The Morgan fingerprint density at radius 1 is 1.00 bits per heavy atom. The van der Waals surface area contributed by atoms with E-state index in [0.717, 1.165) is 11.3 Å². The molecule has 3 rings (SSSR count). The summed E-state index contributed by atoms with van der Waals surface area (Å²) < 4.78 is 5.13. The molecule has 0 fully saturated rings. The van der Waals surface area contributed by atoms with Crippen LogP contribution in [-0.4, -0.2) is 19.6 Å². The maximum atomic E-state index is 12.1. The highest BCUT2D eigenvalue weighted by Gasteiger charge is 2.10. The third-order valence-corrected chi connectivity index (χ3v) is 4.51. The molecule has 0 radical (unpaired) electrons. The van der Waals surface area contributed by atoms with Crippen LogP contribution in [0.3, 0.4) is 0 Å². The summed E-state index contributed by atoms with van der Waals surface area (Å²) in [6.07, 6.45) is 0. The fraction of sp³-hybridized carbons (Fsp3) is 0.227. The van der Waals surface area contributed by atoms with Crippen LogP contribution < -0.4 is 15.4 Å². The van der Waals surface area contributed by atoms with E-state index in [9.17, 15) is 4.79 Å². The average molecular weight is 348 g/mol. The maximum Gasteiger partial charge on any atom is 0.234 e. The minimum absolute atomic E-state index is 0.0205. The van der Waals surface area contributed by atoms with E-state index in [-0.39, 0.29) is 18.5 Å². The number of amides is 1. The molecule has 0 unspecified atom stereocenters. The van der Waals surface area contributed by atoms with Crippen molar-refractivity contribution in [3.63, 3.8) is 0 Å². The molecular weight excluding hydrogens is 324 g/mol. The van der Waals surface area contributed by atoms with E-state index >= 15 is 0 Å². The smallest absolute Gasteiger partial charge is 0.234 e. The van der Waals surface area contributed by atoms with Crippen LogP contribution in [0.5, 0.6) is 5.75 Å². The number of hydrogen-bond acceptors (Lipinski definition) is 3. The largest absolute Gasteiger partial charge is 0.497 e. The van der Waals surface area contributed by atoms with Gasteiger partial charge in [0, 0.05) is 12.6 Å². The van der Waals surface area contributed by atoms with E-state index in [1.165, 1.54) is 16.3 Å². The molecule has 1 amide bonds. The SMILES string of the molecule is COc1ccc(CNC(=O)CN[C@@H](C)c2cccc3ccccc23)cc1. The van der Waals surface area contributed by atoms with Crippen LogP contribution in [-0.2, 0) is 11.3 Å². The Hall–Kier alpha value is -2.85. The summed E-state index contributed by atoms with van der Waals surface area (Å²) in [6, 6.07) is 22.3. The predicted octanol–water partition coefficient (Wildman–Crippen LogP) is 3.82. The number of methoxy groups -OCH3 is 1. The quantitative estimate of drug-likeness (QED) is 0.682. The van der Waals surface area contributed by atoms with E-state index in [1.807, 2.05) is 36.4 Å². The highest BCUT2D eigenvalue weighted by atomic mass is 16.5. The van der Waals surface area contributed by atoms with Gasteiger partial charge < -0.3 is 15.4 Å². The highest BCUT2D eigenvalue weighted by molar-refractivity contribution is 5.86. The van der Waals surface area contributed by atoms with Crippen LogP contribution in [0.1, 0.15) is 24.1 Å². The van der Waals surface area contributed by atoms with E-state index in [4.69, 9.17) is 4.74 Å². The molecule has 0 spiro atoms. The molecule has 1 atom stereocenters. The Morgan fingerprint density at radius 2 is 1.73 bits per heavy atom. The fourth-order valence-corrected chi connectivity index (χ4v) is 2.99. The van der Waals surface area contributed by atoms with Crippen molar-refractivity contribution in [1.29, 1.82) is 0 Å². The van der Waals surface area contributed by atoms with Gasteiger partial charge in [0.15, 0.2) is 0 Å².